The largest absolute Gasteiger partial charge is 0.476 e. The van der Waals surface area contributed by atoms with Crippen LogP contribution in [-0.4, -0.2) is 44.9 Å². The van der Waals surface area contributed by atoms with E-state index in [1.54, 1.807) is 6.08 Å². The first-order chi connectivity index (χ1) is 10.7. The lowest BCUT2D eigenvalue weighted by atomic mass is 9.90. The minimum absolute atomic E-state index is 0.247. The van der Waals surface area contributed by atoms with Gasteiger partial charge in [0.2, 0.25) is 0 Å². The number of hydrogen-bond donors (Lipinski definition) is 1. The number of nitrogens with zero attached hydrogens (tertiary/aromatic N) is 3. The Hall–Kier alpha value is -1.62. The number of hydrogen-bond acceptors (Lipinski definition) is 3. The number of allylic oxidation sites excluding steroid dienone is 1. The second kappa shape index (κ2) is 6.65. The molecule has 1 aromatic rings. The van der Waals surface area contributed by atoms with Crippen molar-refractivity contribution in [1.82, 2.24) is 14.7 Å². The third-order valence-corrected chi connectivity index (χ3v) is 4.98. The molecule has 1 atom stereocenters. The minimum atomic E-state index is -0.907. The van der Waals surface area contributed by atoms with Gasteiger partial charge in [-0.15, -0.1) is 6.58 Å². The molecule has 0 saturated carbocycles. The number of fused-ring (bicyclic) bond motifs is 1. The summed E-state index contributed by atoms with van der Waals surface area (Å²) in [7, 11) is 0. The predicted octanol–water partition coefficient (Wildman–Crippen LogP) is 2.50. The number of carboxylic acids is 1. The van der Waals surface area contributed by atoms with Gasteiger partial charge in [0.05, 0.1) is 6.54 Å². The molecule has 1 fully saturated rings. The Bertz CT molecular complexity index is 556. The lowest BCUT2D eigenvalue weighted by molar-refractivity contribution is 0.0687. The van der Waals surface area contributed by atoms with E-state index in [-0.39, 0.29) is 5.69 Å². The Morgan fingerprint density at radius 3 is 2.68 bits per heavy atom. The molecule has 1 N–H and O–H groups in total. The molecule has 3 rings (SSSR count). The van der Waals surface area contributed by atoms with Gasteiger partial charge in [0, 0.05) is 17.3 Å². The van der Waals surface area contributed by atoms with E-state index in [4.69, 9.17) is 0 Å². The van der Waals surface area contributed by atoms with Crippen molar-refractivity contribution in [3.8, 4) is 0 Å². The fraction of sp³-hybridized carbons (Fsp3) is 0.647. The van der Waals surface area contributed by atoms with Crippen molar-refractivity contribution >= 4 is 5.97 Å². The van der Waals surface area contributed by atoms with Crippen LogP contribution >= 0.6 is 0 Å². The van der Waals surface area contributed by atoms with Crippen molar-refractivity contribution in [2.75, 3.05) is 13.1 Å². The first-order valence-corrected chi connectivity index (χ1v) is 8.37. The molecular formula is C17H25N3O2. The Morgan fingerprint density at radius 1 is 1.32 bits per heavy atom. The van der Waals surface area contributed by atoms with E-state index in [1.807, 2.05) is 4.68 Å². The van der Waals surface area contributed by atoms with Gasteiger partial charge in [0.25, 0.3) is 0 Å². The lowest BCUT2D eigenvalue weighted by Crippen LogP contribution is -2.40. The molecule has 1 aliphatic heterocycles. The van der Waals surface area contributed by atoms with Gasteiger partial charge in [-0.1, -0.05) is 18.9 Å². The van der Waals surface area contributed by atoms with Gasteiger partial charge < -0.3 is 10.0 Å². The van der Waals surface area contributed by atoms with Gasteiger partial charge in [-0.3, -0.25) is 4.68 Å². The Kier molecular flexibility index (Phi) is 4.62. The topological polar surface area (TPSA) is 58.4 Å². The molecule has 0 unspecified atom stereocenters. The standard InChI is InChI=1S/C17H25N3O2/c1-2-9-20-15-8-7-13(19-10-5-3-4-6-11-19)12-14(15)16(18-20)17(21)22/h2,13H,1,3-12H2,(H,21,22)/t13-/m1/s1. The summed E-state index contributed by atoms with van der Waals surface area (Å²) in [4.78, 5) is 14.1. The number of likely N-dealkylation sites (tertiary alicyclic amines) is 1. The Balaban J connectivity index is 1.84. The highest BCUT2D eigenvalue weighted by atomic mass is 16.4. The summed E-state index contributed by atoms with van der Waals surface area (Å²) in [5.74, 6) is -0.907. The molecule has 0 bridgehead atoms. The maximum Gasteiger partial charge on any atom is 0.356 e. The molecular weight excluding hydrogens is 278 g/mol. The average Bonchev–Trinajstić information content (AvgIpc) is 2.70. The number of carbonyl (C=O) groups is 1. The average molecular weight is 303 g/mol. The van der Waals surface area contributed by atoms with Crippen LogP contribution in [-0.2, 0) is 19.4 Å². The molecule has 0 amide bonds. The summed E-state index contributed by atoms with van der Waals surface area (Å²) in [6.07, 6.45) is 9.82. The maximum atomic E-state index is 11.5. The molecule has 2 heterocycles. The summed E-state index contributed by atoms with van der Waals surface area (Å²) in [6, 6.07) is 0.477. The van der Waals surface area contributed by atoms with Gasteiger partial charge in [-0.2, -0.15) is 5.10 Å². The van der Waals surface area contributed by atoms with Crippen molar-refractivity contribution < 1.29 is 9.90 Å². The van der Waals surface area contributed by atoms with Gasteiger partial charge in [-0.05, 0) is 45.2 Å². The number of rotatable bonds is 4. The van der Waals surface area contributed by atoms with Crippen LogP contribution in [0.15, 0.2) is 12.7 Å². The van der Waals surface area contributed by atoms with E-state index in [9.17, 15) is 9.90 Å². The molecule has 0 aromatic carbocycles. The van der Waals surface area contributed by atoms with E-state index in [0.717, 1.165) is 43.6 Å². The number of aromatic carboxylic acids is 1. The maximum absolute atomic E-state index is 11.5. The fourth-order valence-corrected chi connectivity index (χ4v) is 3.89. The molecule has 0 radical (unpaired) electrons. The third kappa shape index (κ3) is 2.95. The van der Waals surface area contributed by atoms with Crippen molar-refractivity contribution in [3.63, 3.8) is 0 Å². The second-order valence-corrected chi connectivity index (χ2v) is 6.40. The van der Waals surface area contributed by atoms with Crippen LogP contribution in [0.3, 0.4) is 0 Å². The summed E-state index contributed by atoms with van der Waals surface area (Å²) < 4.78 is 1.82. The van der Waals surface area contributed by atoms with Crippen molar-refractivity contribution in [1.29, 1.82) is 0 Å². The van der Waals surface area contributed by atoms with Gasteiger partial charge in [0.15, 0.2) is 5.69 Å². The second-order valence-electron chi connectivity index (χ2n) is 6.40. The SMILES string of the molecule is C=CCn1nc(C(=O)O)c2c1CC[C@@H](N1CCCCCC1)C2. The van der Waals surface area contributed by atoms with E-state index in [1.165, 1.54) is 25.7 Å². The van der Waals surface area contributed by atoms with Gasteiger partial charge >= 0.3 is 5.97 Å². The van der Waals surface area contributed by atoms with Crippen molar-refractivity contribution in [2.45, 2.75) is 57.5 Å². The van der Waals surface area contributed by atoms with E-state index >= 15 is 0 Å². The van der Waals surface area contributed by atoms with Crippen LogP contribution in [0.2, 0.25) is 0 Å². The molecule has 2 aliphatic rings. The molecule has 0 spiro atoms. The monoisotopic (exact) mass is 303 g/mol. The fourth-order valence-electron chi connectivity index (χ4n) is 3.89. The third-order valence-electron chi connectivity index (χ3n) is 4.98. The highest BCUT2D eigenvalue weighted by molar-refractivity contribution is 5.87. The van der Waals surface area contributed by atoms with Crippen molar-refractivity contribution in [2.24, 2.45) is 0 Å². The predicted molar refractivity (Wildman–Crippen MR) is 85.2 cm³/mol. The van der Waals surface area contributed by atoms with Crippen LogP contribution in [0.1, 0.15) is 53.8 Å². The highest BCUT2D eigenvalue weighted by Gasteiger charge is 2.31. The normalized spacial score (nSPS) is 22.8. The summed E-state index contributed by atoms with van der Waals surface area (Å²) in [5.41, 5.74) is 2.30. The highest BCUT2D eigenvalue weighted by Crippen LogP contribution is 2.29. The molecule has 1 aliphatic carbocycles. The molecule has 5 nitrogen and oxygen atoms in total. The molecule has 120 valence electrons. The van der Waals surface area contributed by atoms with E-state index in [2.05, 4.69) is 16.6 Å². The first kappa shape index (κ1) is 15.3. The zero-order chi connectivity index (χ0) is 15.5. The minimum Gasteiger partial charge on any atom is -0.476 e. The molecule has 1 aromatic heterocycles. The number of aromatic nitrogens is 2. The van der Waals surface area contributed by atoms with Crippen LogP contribution < -0.4 is 0 Å². The van der Waals surface area contributed by atoms with Crippen LogP contribution in [0.25, 0.3) is 0 Å². The quantitative estimate of drug-likeness (QED) is 0.868. The summed E-state index contributed by atoms with van der Waals surface area (Å²) in [6.45, 7) is 6.64. The first-order valence-electron chi connectivity index (χ1n) is 8.37. The van der Waals surface area contributed by atoms with Crippen LogP contribution in [0.5, 0.6) is 0 Å². The van der Waals surface area contributed by atoms with E-state index < -0.39 is 5.97 Å². The smallest absolute Gasteiger partial charge is 0.356 e. The molecule has 1 saturated heterocycles. The Morgan fingerprint density at radius 2 is 2.05 bits per heavy atom. The Labute approximate surface area is 131 Å². The molecule has 5 heteroatoms. The van der Waals surface area contributed by atoms with Gasteiger partial charge in [0.1, 0.15) is 0 Å². The van der Waals surface area contributed by atoms with Gasteiger partial charge in [-0.25, -0.2) is 4.79 Å². The summed E-state index contributed by atoms with van der Waals surface area (Å²) >= 11 is 0. The van der Waals surface area contributed by atoms with Crippen LogP contribution in [0, 0.1) is 0 Å². The lowest BCUT2D eigenvalue weighted by Gasteiger charge is -2.33. The van der Waals surface area contributed by atoms with E-state index in [0.29, 0.717) is 12.6 Å². The zero-order valence-electron chi connectivity index (χ0n) is 13.1. The summed E-state index contributed by atoms with van der Waals surface area (Å²) in [5, 5.41) is 13.8. The molecule has 22 heavy (non-hydrogen) atoms. The number of carboxylic acid groups (broad SMARTS) is 1. The van der Waals surface area contributed by atoms with Crippen LogP contribution in [0.4, 0.5) is 0 Å². The van der Waals surface area contributed by atoms with Crippen molar-refractivity contribution in [3.05, 3.63) is 29.6 Å². The zero-order valence-corrected chi connectivity index (χ0v) is 13.1.